The van der Waals surface area contributed by atoms with E-state index in [4.69, 9.17) is 10.2 Å². The lowest BCUT2D eigenvalue weighted by Gasteiger charge is -2.08. The second-order valence-corrected chi connectivity index (χ2v) is 5.17. The second kappa shape index (κ2) is 4.82. The molecule has 0 aliphatic heterocycles. The molecule has 0 spiro atoms. The lowest BCUT2D eigenvalue weighted by atomic mass is 10.4. The van der Waals surface area contributed by atoms with E-state index in [2.05, 4.69) is 10.2 Å². The number of hydrogen-bond acceptors (Lipinski definition) is 5. The number of nitrogens with one attached hydrogen (secondary N) is 2. The van der Waals surface area contributed by atoms with Crippen LogP contribution in [-0.4, -0.2) is 47.4 Å². The Morgan fingerprint density at radius 1 is 1.53 bits per heavy atom. The predicted molar refractivity (Wildman–Crippen MR) is 56.9 cm³/mol. The third-order valence-corrected chi connectivity index (χ3v) is 3.77. The highest BCUT2D eigenvalue weighted by atomic mass is 32.2. The van der Waals surface area contributed by atoms with Gasteiger partial charge >= 0.3 is 5.97 Å². The molecule has 0 aliphatic carbocycles. The molecule has 0 radical (unpaired) electrons. The molecule has 1 rings (SSSR count). The molecular weight excluding hydrogens is 250 g/mol. The minimum atomic E-state index is -3.87. The van der Waals surface area contributed by atoms with Crippen molar-refractivity contribution in [3.05, 3.63) is 11.4 Å². The van der Waals surface area contributed by atoms with Gasteiger partial charge < -0.3 is 10.2 Å². The van der Waals surface area contributed by atoms with Gasteiger partial charge in [0, 0.05) is 6.54 Å². The maximum Gasteiger partial charge on any atom is 0.333 e. The third kappa shape index (κ3) is 3.02. The number of aliphatic hydroxyl groups is 1. The van der Waals surface area contributed by atoms with Gasteiger partial charge in [0.2, 0.25) is 10.0 Å². The highest BCUT2D eigenvalue weighted by Gasteiger charge is 2.24. The van der Waals surface area contributed by atoms with E-state index >= 15 is 0 Å². The molecule has 8 nitrogen and oxygen atoms in total. The molecule has 0 aliphatic rings. The molecular formula is C8H13N3O5S. The standard InChI is InChI=1S/C8H13N3O5S/c1-4-7(5(2)11-10-4)17(15,16)9-3-6(12)8(13)14/h6,9,12H,3H2,1-2H3,(H,10,11)(H,13,14). The van der Waals surface area contributed by atoms with Crippen LogP contribution in [-0.2, 0) is 14.8 Å². The van der Waals surface area contributed by atoms with E-state index in [1.54, 1.807) is 0 Å². The largest absolute Gasteiger partial charge is 0.479 e. The van der Waals surface area contributed by atoms with Gasteiger partial charge in [-0.15, -0.1) is 0 Å². The maximum absolute atomic E-state index is 11.8. The van der Waals surface area contributed by atoms with Crippen molar-refractivity contribution in [1.29, 1.82) is 0 Å². The van der Waals surface area contributed by atoms with Gasteiger partial charge in [0.05, 0.1) is 11.4 Å². The van der Waals surface area contributed by atoms with Crippen molar-refractivity contribution < 1.29 is 23.4 Å². The van der Waals surface area contributed by atoms with Crippen LogP contribution in [0, 0.1) is 13.8 Å². The van der Waals surface area contributed by atoms with Crippen LogP contribution >= 0.6 is 0 Å². The van der Waals surface area contributed by atoms with E-state index in [9.17, 15) is 13.2 Å². The first-order valence-electron chi connectivity index (χ1n) is 4.68. The number of carboxylic acids is 1. The summed E-state index contributed by atoms with van der Waals surface area (Å²) in [6.07, 6.45) is -1.78. The number of H-pyrrole nitrogens is 1. The van der Waals surface area contributed by atoms with Crippen LogP contribution in [0.1, 0.15) is 11.4 Å². The summed E-state index contributed by atoms with van der Waals surface area (Å²) in [4.78, 5) is 10.3. The van der Waals surface area contributed by atoms with Crippen molar-refractivity contribution in [3.63, 3.8) is 0 Å². The van der Waals surface area contributed by atoms with Crippen molar-refractivity contribution >= 4 is 16.0 Å². The average Bonchev–Trinajstić information content (AvgIpc) is 2.55. The second-order valence-electron chi connectivity index (χ2n) is 3.47. The number of nitrogens with zero attached hydrogens (tertiary/aromatic N) is 1. The molecule has 9 heteroatoms. The number of hydrogen-bond donors (Lipinski definition) is 4. The van der Waals surface area contributed by atoms with E-state index in [0.29, 0.717) is 5.69 Å². The molecule has 1 unspecified atom stereocenters. The Morgan fingerprint density at radius 2 is 2.12 bits per heavy atom. The molecule has 1 atom stereocenters. The van der Waals surface area contributed by atoms with Gasteiger partial charge in [-0.1, -0.05) is 0 Å². The zero-order valence-electron chi connectivity index (χ0n) is 9.26. The molecule has 1 aromatic heterocycles. The lowest BCUT2D eigenvalue weighted by molar-refractivity contribution is -0.146. The molecule has 1 aromatic rings. The Bertz CT molecular complexity index is 502. The van der Waals surface area contributed by atoms with E-state index < -0.39 is 28.6 Å². The minimum Gasteiger partial charge on any atom is -0.479 e. The fourth-order valence-corrected chi connectivity index (χ4v) is 2.69. The van der Waals surface area contributed by atoms with Crippen molar-refractivity contribution in [2.24, 2.45) is 0 Å². The van der Waals surface area contributed by atoms with Gasteiger partial charge in [0.25, 0.3) is 0 Å². The fraction of sp³-hybridized carbons (Fsp3) is 0.500. The number of aliphatic carboxylic acids is 1. The Labute approximate surface area is 97.7 Å². The van der Waals surface area contributed by atoms with Crippen LogP contribution in [0.2, 0.25) is 0 Å². The van der Waals surface area contributed by atoms with E-state index in [-0.39, 0.29) is 10.6 Å². The number of aliphatic hydroxyl groups excluding tert-OH is 1. The lowest BCUT2D eigenvalue weighted by Crippen LogP contribution is -2.36. The van der Waals surface area contributed by atoms with Crippen LogP contribution in [0.5, 0.6) is 0 Å². The van der Waals surface area contributed by atoms with Gasteiger partial charge in [0.1, 0.15) is 4.90 Å². The van der Waals surface area contributed by atoms with Crippen LogP contribution in [0.25, 0.3) is 0 Å². The smallest absolute Gasteiger partial charge is 0.333 e. The van der Waals surface area contributed by atoms with Crippen LogP contribution in [0.15, 0.2) is 4.90 Å². The highest BCUT2D eigenvalue weighted by Crippen LogP contribution is 2.15. The van der Waals surface area contributed by atoms with Gasteiger partial charge in [-0.3, -0.25) is 5.10 Å². The highest BCUT2D eigenvalue weighted by molar-refractivity contribution is 7.89. The number of rotatable bonds is 5. The Hall–Kier alpha value is -1.45. The van der Waals surface area contributed by atoms with Crippen molar-refractivity contribution in [1.82, 2.24) is 14.9 Å². The van der Waals surface area contributed by atoms with Crippen molar-refractivity contribution in [3.8, 4) is 0 Å². The minimum absolute atomic E-state index is 0.0323. The molecule has 17 heavy (non-hydrogen) atoms. The molecule has 0 amide bonds. The Morgan fingerprint density at radius 3 is 2.53 bits per heavy atom. The quantitative estimate of drug-likeness (QED) is 0.524. The summed E-state index contributed by atoms with van der Waals surface area (Å²) in [6.45, 7) is 2.44. The molecule has 1 heterocycles. The number of aromatic amines is 1. The average molecular weight is 263 g/mol. The molecule has 0 bridgehead atoms. The molecule has 0 saturated carbocycles. The van der Waals surface area contributed by atoms with Gasteiger partial charge in [-0.05, 0) is 13.8 Å². The fourth-order valence-electron chi connectivity index (χ4n) is 1.28. The SMILES string of the molecule is Cc1n[nH]c(C)c1S(=O)(=O)NCC(O)C(=O)O. The van der Waals surface area contributed by atoms with Crippen LogP contribution in [0.4, 0.5) is 0 Å². The molecule has 0 aromatic carbocycles. The van der Waals surface area contributed by atoms with E-state index in [0.717, 1.165) is 0 Å². The summed E-state index contributed by atoms with van der Waals surface area (Å²) in [5.41, 5.74) is 0.625. The number of aryl methyl sites for hydroxylation is 2. The van der Waals surface area contributed by atoms with Crippen LogP contribution < -0.4 is 4.72 Å². The zero-order chi connectivity index (χ0) is 13.2. The molecule has 0 fully saturated rings. The number of aromatic nitrogens is 2. The summed E-state index contributed by atoms with van der Waals surface area (Å²) in [5, 5.41) is 23.6. The summed E-state index contributed by atoms with van der Waals surface area (Å²) in [5.74, 6) is -1.49. The summed E-state index contributed by atoms with van der Waals surface area (Å²) < 4.78 is 25.6. The van der Waals surface area contributed by atoms with Crippen molar-refractivity contribution in [2.75, 3.05) is 6.54 Å². The Balaban J connectivity index is 2.87. The monoisotopic (exact) mass is 263 g/mol. The van der Waals surface area contributed by atoms with Crippen molar-refractivity contribution in [2.45, 2.75) is 24.8 Å². The predicted octanol–water partition coefficient (Wildman–Crippen LogP) is -1.25. The van der Waals surface area contributed by atoms with E-state index in [1.165, 1.54) is 13.8 Å². The summed E-state index contributed by atoms with van der Waals surface area (Å²) in [7, 11) is -3.87. The molecule has 96 valence electrons. The number of carboxylic acid groups (broad SMARTS) is 1. The first-order valence-corrected chi connectivity index (χ1v) is 6.16. The Kier molecular flexibility index (Phi) is 3.86. The first kappa shape index (κ1) is 13.6. The van der Waals surface area contributed by atoms with Crippen LogP contribution in [0.3, 0.4) is 0 Å². The van der Waals surface area contributed by atoms with E-state index in [1.807, 2.05) is 4.72 Å². The third-order valence-electron chi connectivity index (χ3n) is 2.08. The molecule has 0 saturated heterocycles. The van der Waals surface area contributed by atoms with Gasteiger partial charge in [-0.2, -0.15) is 5.10 Å². The number of sulfonamides is 1. The maximum atomic E-state index is 11.8. The van der Waals surface area contributed by atoms with Gasteiger partial charge in [-0.25, -0.2) is 17.9 Å². The zero-order valence-corrected chi connectivity index (χ0v) is 10.1. The number of carbonyl (C=O) groups is 1. The summed E-state index contributed by atoms with van der Waals surface area (Å²) >= 11 is 0. The summed E-state index contributed by atoms with van der Waals surface area (Å²) in [6, 6.07) is 0. The first-order chi connectivity index (χ1) is 7.75. The molecule has 4 N–H and O–H groups in total. The van der Waals surface area contributed by atoms with Gasteiger partial charge in [0.15, 0.2) is 6.10 Å². The topological polar surface area (TPSA) is 132 Å². The normalized spacial score (nSPS) is 13.6.